The molecule has 0 bridgehead atoms. The number of hydrogen-bond donors (Lipinski definition) is 1. The summed E-state index contributed by atoms with van der Waals surface area (Å²) in [5.74, 6) is 1.62. The number of hydrogen-bond acceptors (Lipinski definition) is 3. The van der Waals surface area contributed by atoms with Gasteiger partial charge in [0.1, 0.15) is 12.0 Å². The minimum absolute atomic E-state index is 0. The number of halogens is 1. The summed E-state index contributed by atoms with van der Waals surface area (Å²) in [4.78, 5) is 14.7. The predicted octanol–water partition coefficient (Wildman–Crippen LogP) is 3.74. The van der Waals surface area contributed by atoms with Crippen molar-refractivity contribution >= 4 is 18.3 Å². The van der Waals surface area contributed by atoms with E-state index in [0.717, 1.165) is 25.3 Å². The molecule has 4 nitrogen and oxygen atoms in total. The molecule has 1 aromatic heterocycles. The van der Waals surface area contributed by atoms with Gasteiger partial charge in [-0.3, -0.25) is 4.79 Å². The van der Waals surface area contributed by atoms with Crippen molar-refractivity contribution in [2.75, 3.05) is 6.54 Å². The van der Waals surface area contributed by atoms with E-state index in [-0.39, 0.29) is 18.3 Å². The van der Waals surface area contributed by atoms with Gasteiger partial charge in [0.2, 0.25) is 0 Å². The lowest BCUT2D eigenvalue weighted by molar-refractivity contribution is 0.0710. The Morgan fingerprint density at radius 3 is 2.68 bits per heavy atom. The number of furan rings is 1. The highest BCUT2D eigenvalue weighted by molar-refractivity contribution is 5.94. The van der Waals surface area contributed by atoms with Crippen LogP contribution in [0.2, 0.25) is 0 Å². The minimum atomic E-state index is 0. The Hall–Kier alpha value is -1.00. The van der Waals surface area contributed by atoms with Crippen LogP contribution in [0.25, 0.3) is 0 Å². The first kappa shape index (κ1) is 17.4. The molecular formula is C17H27ClN2O2. The Balaban J connectivity index is 0.00000176. The molecule has 5 heteroatoms. The van der Waals surface area contributed by atoms with Crippen LogP contribution >= 0.6 is 12.4 Å². The van der Waals surface area contributed by atoms with Gasteiger partial charge in [0.05, 0.1) is 12.1 Å². The first-order valence-corrected chi connectivity index (χ1v) is 8.36. The summed E-state index contributed by atoms with van der Waals surface area (Å²) in [7, 11) is 0. The van der Waals surface area contributed by atoms with Crippen LogP contribution in [0.4, 0.5) is 0 Å². The number of likely N-dealkylation sites (tertiary alicyclic amines) is 1. The van der Waals surface area contributed by atoms with Gasteiger partial charge in [0.15, 0.2) is 0 Å². The molecule has 1 atom stereocenters. The third-order valence-electron chi connectivity index (χ3n) is 5.07. The van der Waals surface area contributed by atoms with E-state index in [1.165, 1.54) is 38.5 Å². The largest absolute Gasteiger partial charge is 0.467 e. The number of rotatable bonds is 4. The second-order valence-electron chi connectivity index (χ2n) is 6.54. The monoisotopic (exact) mass is 326 g/mol. The molecule has 1 aromatic rings. The average Bonchev–Trinajstić information content (AvgIpc) is 3.16. The zero-order valence-electron chi connectivity index (χ0n) is 13.1. The van der Waals surface area contributed by atoms with Crippen molar-refractivity contribution in [2.45, 2.75) is 64.0 Å². The van der Waals surface area contributed by atoms with E-state index in [1.807, 2.05) is 0 Å². The van der Waals surface area contributed by atoms with Gasteiger partial charge in [-0.05, 0) is 31.2 Å². The molecule has 1 aliphatic heterocycles. The van der Waals surface area contributed by atoms with Crippen molar-refractivity contribution in [3.8, 4) is 0 Å². The summed E-state index contributed by atoms with van der Waals surface area (Å²) in [5, 5.41) is 0. The number of amides is 1. The fraction of sp³-hybridized carbons (Fsp3) is 0.706. The Bertz CT molecular complexity index is 483. The van der Waals surface area contributed by atoms with Crippen molar-refractivity contribution < 1.29 is 9.21 Å². The lowest BCUT2D eigenvalue weighted by Gasteiger charge is -2.30. The molecule has 1 unspecified atom stereocenters. The van der Waals surface area contributed by atoms with Gasteiger partial charge >= 0.3 is 0 Å². The maximum absolute atomic E-state index is 12.7. The fourth-order valence-electron chi connectivity index (χ4n) is 3.92. The smallest absolute Gasteiger partial charge is 0.257 e. The van der Waals surface area contributed by atoms with Crippen LogP contribution in [-0.4, -0.2) is 23.4 Å². The van der Waals surface area contributed by atoms with Crippen LogP contribution < -0.4 is 5.73 Å². The molecule has 1 aliphatic carbocycles. The lowest BCUT2D eigenvalue weighted by atomic mass is 9.84. The molecule has 1 saturated heterocycles. The molecule has 0 radical (unpaired) electrons. The molecule has 2 aliphatic rings. The Morgan fingerprint density at radius 2 is 2.00 bits per heavy atom. The zero-order valence-corrected chi connectivity index (χ0v) is 13.9. The standard InChI is InChI=1S/C17H26N2O2.ClH/c18-11-16-10-14(12-21-16)17(20)19-8-4-7-15(19)9-13-5-2-1-3-6-13;/h10,12-13,15H,1-9,11,18H2;1H. The molecule has 2 fully saturated rings. The Labute approximate surface area is 138 Å². The molecule has 2 N–H and O–H groups in total. The zero-order chi connectivity index (χ0) is 14.7. The lowest BCUT2D eigenvalue weighted by Crippen LogP contribution is -2.36. The first-order chi connectivity index (χ1) is 10.3. The van der Waals surface area contributed by atoms with Crippen molar-refractivity contribution in [1.29, 1.82) is 0 Å². The predicted molar refractivity (Wildman–Crippen MR) is 89.1 cm³/mol. The Morgan fingerprint density at radius 1 is 1.23 bits per heavy atom. The number of nitrogens with two attached hydrogens (primary N) is 1. The maximum atomic E-state index is 12.7. The normalized spacial score (nSPS) is 22.6. The van der Waals surface area contributed by atoms with Gasteiger partial charge in [0.25, 0.3) is 5.91 Å². The van der Waals surface area contributed by atoms with Crippen LogP contribution in [0, 0.1) is 5.92 Å². The van der Waals surface area contributed by atoms with E-state index in [1.54, 1.807) is 12.3 Å². The van der Waals surface area contributed by atoms with E-state index in [2.05, 4.69) is 4.90 Å². The number of carbonyl (C=O) groups excluding carboxylic acids is 1. The average molecular weight is 327 g/mol. The number of carbonyl (C=O) groups is 1. The quantitative estimate of drug-likeness (QED) is 0.917. The molecule has 124 valence electrons. The van der Waals surface area contributed by atoms with Gasteiger partial charge in [0, 0.05) is 12.6 Å². The summed E-state index contributed by atoms with van der Waals surface area (Å²) in [6.07, 6.45) is 11.9. The highest BCUT2D eigenvalue weighted by Crippen LogP contribution is 2.32. The molecule has 0 aromatic carbocycles. The summed E-state index contributed by atoms with van der Waals surface area (Å²) in [5.41, 5.74) is 6.21. The summed E-state index contributed by atoms with van der Waals surface area (Å²) in [6, 6.07) is 2.22. The second kappa shape index (κ2) is 8.02. The topological polar surface area (TPSA) is 59.5 Å². The molecule has 1 amide bonds. The van der Waals surface area contributed by atoms with Gasteiger partial charge < -0.3 is 15.1 Å². The third-order valence-corrected chi connectivity index (χ3v) is 5.07. The molecule has 0 spiro atoms. The number of nitrogens with zero attached hydrogens (tertiary/aromatic N) is 1. The van der Waals surface area contributed by atoms with Crippen LogP contribution in [0.5, 0.6) is 0 Å². The van der Waals surface area contributed by atoms with E-state index < -0.39 is 0 Å². The van der Waals surface area contributed by atoms with Gasteiger partial charge in [-0.2, -0.15) is 0 Å². The summed E-state index contributed by atoms with van der Waals surface area (Å²) >= 11 is 0. The fourth-order valence-corrected chi connectivity index (χ4v) is 3.92. The van der Waals surface area contributed by atoms with Crippen LogP contribution in [0.1, 0.15) is 67.5 Å². The minimum Gasteiger partial charge on any atom is -0.467 e. The van der Waals surface area contributed by atoms with E-state index in [0.29, 0.717) is 23.9 Å². The van der Waals surface area contributed by atoms with Crippen LogP contribution in [0.15, 0.2) is 16.7 Å². The third kappa shape index (κ3) is 3.85. The molecule has 3 rings (SSSR count). The second-order valence-corrected chi connectivity index (χ2v) is 6.54. The maximum Gasteiger partial charge on any atom is 0.257 e. The van der Waals surface area contributed by atoms with Crippen LogP contribution in [-0.2, 0) is 6.54 Å². The first-order valence-electron chi connectivity index (χ1n) is 8.36. The van der Waals surface area contributed by atoms with Gasteiger partial charge in [-0.1, -0.05) is 32.1 Å². The molecule has 2 heterocycles. The van der Waals surface area contributed by atoms with E-state index in [9.17, 15) is 4.79 Å². The van der Waals surface area contributed by atoms with E-state index >= 15 is 0 Å². The molecular weight excluding hydrogens is 300 g/mol. The van der Waals surface area contributed by atoms with Gasteiger partial charge in [-0.15, -0.1) is 12.4 Å². The van der Waals surface area contributed by atoms with Crippen molar-refractivity contribution in [3.05, 3.63) is 23.7 Å². The van der Waals surface area contributed by atoms with Crippen molar-refractivity contribution in [1.82, 2.24) is 4.90 Å². The highest BCUT2D eigenvalue weighted by atomic mass is 35.5. The van der Waals surface area contributed by atoms with Gasteiger partial charge in [-0.25, -0.2) is 0 Å². The Kier molecular flexibility index (Phi) is 6.33. The van der Waals surface area contributed by atoms with Crippen molar-refractivity contribution in [2.24, 2.45) is 11.7 Å². The van der Waals surface area contributed by atoms with E-state index in [4.69, 9.17) is 10.2 Å². The van der Waals surface area contributed by atoms with Crippen LogP contribution in [0.3, 0.4) is 0 Å². The summed E-state index contributed by atoms with van der Waals surface area (Å²) in [6.45, 7) is 1.23. The highest BCUT2D eigenvalue weighted by Gasteiger charge is 2.32. The summed E-state index contributed by atoms with van der Waals surface area (Å²) < 4.78 is 5.31. The molecule has 22 heavy (non-hydrogen) atoms. The molecule has 1 saturated carbocycles. The van der Waals surface area contributed by atoms with Crippen molar-refractivity contribution in [3.63, 3.8) is 0 Å². The SMILES string of the molecule is Cl.NCc1cc(C(=O)N2CCCC2CC2CCCCC2)co1.